The summed E-state index contributed by atoms with van der Waals surface area (Å²) in [5.74, 6) is -0.520. The summed E-state index contributed by atoms with van der Waals surface area (Å²) in [6.07, 6.45) is 0. The van der Waals surface area contributed by atoms with E-state index in [1.54, 1.807) is 38.1 Å². The molecule has 0 aliphatic heterocycles. The average Bonchev–Trinajstić information content (AvgIpc) is 2.69. The number of rotatable bonds is 13. The fourth-order valence-electron chi connectivity index (χ4n) is 2.00. The van der Waals surface area contributed by atoms with Crippen molar-refractivity contribution in [1.29, 1.82) is 0 Å². The Kier molecular flexibility index (Phi) is 11.7. The van der Waals surface area contributed by atoms with Gasteiger partial charge in [0.15, 0.2) is 0 Å². The van der Waals surface area contributed by atoms with Gasteiger partial charge in [0.25, 0.3) is 0 Å². The van der Waals surface area contributed by atoms with Gasteiger partial charge in [0, 0.05) is 11.3 Å². The number of carbonyl (C=O) groups excluding carboxylic acids is 2. The Hall–Kier alpha value is -1.25. The van der Waals surface area contributed by atoms with Gasteiger partial charge >= 0.3 is 19.5 Å². The zero-order valence-electron chi connectivity index (χ0n) is 16.8. The Morgan fingerprint density at radius 3 is 2.17 bits per heavy atom. The highest BCUT2D eigenvalue weighted by Gasteiger charge is 2.33. The summed E-state index contributed by atoms with van der Waals surface area (Å²) in [6.45, 7) is 8.98. The minimum Gasteiger partial charge on any atom is -0.459 e. The molecular weight excluding hydrogens is 435 g/mol. The average molecular weight is 463 g/mol. The fourth-order valence-corrected chi connectivity index (χ4v) is 5.53. The van der Waals surface area contributed by atoms with E-state index in [0.717, 1.165) is 5.56 Å². The zero-order valence-corrected chi connectivity index (χ0v) is 19.4. The van der Waals surface area contributed by atoms with Crippen molar-refractivity contribution in [3.05, 3.63) is 47.5 Å². The molecule has 162 valence electrons. The molecular formula is C19H27O7PS2. The second-order valence-electron chi connectivity index (χ2n) is 5.76. The van der Waals surface area contributed by atoms with Crippen LogP contribution in [0.15, 0.2) is 36.4 Å². The Morgan fingerprint density at radius 2 is 1.66 bits per heavy atom. The molecule has 1 aromatic carbocycles. The van der Waals surface area contributed by atoms with Gasteiger partial charge in [0.1, 0.15) is 17.5 Å². The van der Waals surface area contributed by atoms with Gasteiger partial charge < -0.3 is 18.5 Å². The lowest BCUT2D eigenvalue weighted by atomic mass is 10.1. The second-order valence-corrected chi connectivity index (χ2v) is 10.6. The first-order valence-electron chi connectivity index (χ1n) is 9.00. The molecule has 1 atom stereocenters. The van der Waals surface area contributed by atoms with E-state index >= 15 is 0 Å². The Balaban J connectivity index is 2.50. The van der Waals surface area contributed by atoms with E-state index in [-0.39, 0.29) is 32.0 Å². The molecule has 1 aromatic rings. The van der Waals surface area contributed by atoms with Crippen molar-refractivity contribution < 1.29 is 32.7 Å². The smallest absolute Gasteiger partial charge is 0.353 e. The van der Waals surface area contributed by atoms with Gasteiger partial charge in [-0.1, -0.05) is 18.7 Å². The predicted molar refractivity (Wildman–Crippen MR) is 117 cm³/mol. The van der Waals surface area contributed by atoms with Crippen LogP contribution >= 0.6 is 32.0 Å². The zero-order chi connectivity index (χ0) is 21.9. The first kappa shape index (κ1) is 25.8. The van der Waals surface area contributed by atoms with Gasteiger partial charge in [-0.3, -0.25) is 4.57 Å². The maximum absolute atomic E-state index is 12.6. The summed E-state index contributed by atoms with van der Waals surface area (Å²) in [5.41, 5.74) is 1.58. The summed E-state index contributed by atoms with van der Waals surface area (Å²) in [5, 5.41) is 0. The molecule has 0 aliphatic carbocycles. The Morgan fingerprint density at radius 1 is 1.10 bits per heavy atom. The topological polar surface area (TPSA) is 88.1 Å². The molecule has 0 aromatic heterocycles. The van der Waals surface area contributed by atoms with Gasteiger partial charge in [-0.15, -0.1) is 11.8 Å². The lowest BCUT2D eigenvalue weighted by molar-refractivity contribution is -0.140. The normalized spacial score (nSPS) is 12.3. The molecule has 0 fully saturated rings. The summed E-state index contributed by atoms with van der Waals surface area (Å²) in [4.78, 5) is 23.2. The van der Waals surface area contributed by atoms with Crippen LogP contribution in [0.3, 0.4) is 0 Å². The third-order valence-corrected chi connectivity index (χ3v) is 8.47. The summed E-state index contributed by atoms with van der Waals surface area (Å²) >= 11 is 5.70. The van der Waals surface area contributed by atoms with Crippen LogP contribution in [0.4, 0.5) is 0 Å². The number of thiol groups is 1. The third-order valence-electron chi connectivity index (χ3n) is 3.38. The highest BCUT2D eigenvalue weighted by Crippen LogP contribution is 2.59. The molecule has 0 aliphatic rings. The Labute approximate surface area is 181 Å². The monoisotopic (exact) mass is 462 g/mol. The highest BCUT2D eigenvalue weighted by atomic mass is 32.2. The molecule has 7 nitrogen and oxygen atoms in total. The highest BCUT2D eigenvalue weighted by molar-refractivity contribution is 8.17. The minimum atomic E-state index is -3.29. The van der Waals surface area contributed by atoms with Gasteiger partial charge in [0.05, 0.1) is 18.8 Å². The van der Waals surface area contributed by atoms with E-state index in [2.05, 4.69) is 19.2 Å². The van der Waals surface area contributed by atoms with Crippen molar-refractivity contribution in [2.45, 2.75) is 30.8 Å². The van der Waals surface area contributed by atoms with Crippen molar-refractivity contribution in [3.8, 4) is 0 Å². The second kappa shape index (κ2) is 13.1. The van der Waals surface area contributed by atoms with Crippen LogP contribution < -0.4 is 0 Å². The number of hydrogen-bond acceptors (Lipinski definition) is 9. The van der Waals surface area contributed by atoms with Gasteiger partial charge in [-0.05, 0) is 38.5 Å². The SMILES string of the molecule is C=C(C)C(=O)OCCOC(=O)c1ccc(CSC(S)P(=O)(OCC)OCC)cc1. The molecule has 29 heavy (non-hydrogen) atoms. The number of carbonyl (C=O) groups is 2. The molecule has 10 heteroatoms. The maximum Gasteiger partial charge on any atom is 0.353 e. The van der Waals surface area contributed by atoms with E-state index in [1.807, 2.05) is 0 Å². The van der Waals surface area contributed by atoms with Crippen molar-refractivity contribution in [1.82, 2.24) is 0 Å². The van der Waals surface area contributed by atoms with Crippen molar-refractivity contribution >= 4 is 43.9 Å². The van der Waals surface area contributed by atoms with Crippen molar-refractivity contribution in [2.24, 2.45) is 0 Å². The number of hydrogen-bond donors (Lipinski definition) is 1. The molecule has 0 N–H and O–H groups in total. The number of esters is 2. The lowest BCUT2D eigenvalue weighted by Gasteiger charge is -2.22. The summed E-state index contributed by atoms with van der Waals surface area (Å²) in [7, 11) is -3.29. The van der Waals surface area contributed by atoms with E-state index in [4.69, 9.17) is 18.5 Å². The van der Waals surface area contributed by atoms with Crippen LogP contribution in [-0.2, 0) is 33.6 Å². The summed E-state index contributed by atoms with van der Waals surface area (Å²) < 4.78 is 32.5. The van der Waals surface area contributed by atoms with Gasteiger partial charge in [-0.25, -0.2) is 9.59 Å². The number of benzene rings is 1. The Bertz CT molecular complexity index is 727. The number of ether oxygens (including phenoxy) is 2. The van der Waals surface area contributed by atoms with E-state index in [1.165, 1.54) is 18.7 Å². The maximum atomic E-state index is 12.6. The quantitative estimate of drug-likeness (QED) is 0.113. The van der Waals surface area contributed by atoms with E-state index < -0.39 is 23.9 Å². The molecule has 0 radical (unpaired) electrons. The predicted octanol–water partition coefficient (Wildman–Crippen LogP) is 4.68. The van der Waals surface area contributed by atoms with E-state index in [9.17, 15) is 14.2 Å². The van der Waals surface area contributed by atoms with Crippen LogP contribution in [0.25, 0.3) is 0 Å². The summed E-state index contributed by atoms with van der Waals surface area (Å²) in [6, 6.07) is 6.82. The van der Waals surface area contributed by atoms with Crippen LogP contribution in [0.1, 0.15) is 36.7 Å². The molecule has 0 amide bonds. The van der Waals surface area contributed by atoms with Crippen LogP contribution in [0.2, 0.25) is 0 Å². The van der Waals surface area contributed by atoms with E-state index in [0.29, 0.717) is 11.3 Å². The minimum absolute atomic E-state index is 0.0325. The molecule has 0 bridgehead atoms. The van der Waals surface area contributed by atoms with Crippen molar-refractivity contribution in [2.75, 3.05) is 26.4 Å². The molecule has 0 spiro atoms. The van der Waals surface area contributed by atoms with Gasteiger partial charge in [-0.2, -0.15) is 12.6 Å². The van der Waals surface area contributed by atoms with Crippen LogP contribution in [-0.4, -0.2) is 42.7 Å². The van der Waals surface area contributed by atoms with Crippen LogP contribution in [0.5, 0.6) is 0 Å². The molecule has 0 saturated carbocycles. The molecule has 0 heterocycles. The molecule has 1 unspecified atom stereocenters. The largest absolute Gasteiger partial charge is 0.459 e. The lowest BCUT2D eigenvalue weighted by Crippen LogP contribution is -2.14. The fraction of sp³-hybridized carbons (Fsp3) is 0.474. The van der Waals surface area contributed by atoms with Gasteiger partial charge in [0.2, 0.25) is 0 Å². The van der Waals surface area contributed by atoms with Crippen molar-refractivity contribution in [3.63, 3.8) is 0 Å². The first-order chi connectivity index (χ1) is 13.7. The standard InChI is InChI=1S/C19H27O7PS2/c1-5-25-27(22,26-6-2)19(28)29-13-15-7-9-16(10-8-15)18(21)24-12-11-23-17(20)14(3)4/h7-10,19,28H,3,5-6,11-13H2,1-2,4H3. The molecule has 1 rings (SSSR count). The first-order valence-corrected chi connectivity index (χ1v) is 12.2. The molecule has 0 saturated heterocycles. The third kappa shape index (κ3) is 8.97. The van der Waals surface area contributed by atoms with Crippen LogP contribution in [0, 0.1) is 0 Å². The number of thioether (sulfide) groups is 1.